The average Bonchev–Trinajstić information content (AvgIpc) is 2.88. The van der Waals surface area contributed by atoms with Crippen molar-refractivity contribution in [1.29, 1.82) is 0 Å². The molecule has 0 aliphatic rings. The first-order chi connectivity index (χ1) is 10.1. The molecule has 1 aromatic heterocycles. The highest BCUT2D eigenvalue weighted by Crippen LogP contribution is 2.11. The van der Waals surface area contributed by atoms with Gasteiger partial charge < -0.3 is 10.2 Å². The van der Waals surface area contributed by atoms with E-state index in [2.05, 4.69) is 60.5 Å². The van der Waals surface area contributed by atoms with Crippen LogP contribution in [0.2, 0.25) is 0 Å². The molecule has 0 aliphatic carbocycles. The van der Waals surface area contributed by atoms with Gasteiger partial charge in [-0.15, -0.1) is 24.0 Å². The Kier molecular flexibility index (Phi) is 7.88. The van der Waals surface area contributed by atoms with Gasteiger partial charge >= 0.3 is 0 Å². The highest BCUT2D eigenvalue weighted by Gasteiger charge is 2.07. The Balaban J connectivity index is 0.00000242. The zero-order chi connectivity index (χ0) is 15.2. The third-order valence-electron chi connectivity index (χ3n) is 3.26. The lowest BCUT2D eigenvalue weighted by atomic mass is 10.2. The fourth-order valence-electron chi connectivity index (χ4n) is 2.07. The summed E-state index contributed by atoms with van der Waals surface area (Å²) in [5, 5.41) is 7.51. The molecule has 0 saturated carbocycles. The van der Waals surface area contributed by atoms with E-state index in [1.54, 1.807) is 13.2 Å². The molecule has 0 amide bonds. The lowest BCUT2D eigenvalue weighted by Gasteiger charge is -2.22. The van der Waals surface area contributed by atoms with Crippen LogP contribution in [-0.4, -0.2) is 34.7 Å². The predicted octanol–water partition coefficient (Wildman–Crippen LogP) is 3.01. The molecule has 5 nitrogen and oxygen atoms in total. The summed E-state index contributed by atoms with van der Waals surface area (Å²) in [5.41, 5.74) is 2.36. The number of rotatable bonds is 4. The number of aliphatic imine (C=N–C) groups is 1. The van der Waals surface area contributed by atoms with Crippen molar-refractivity contribution in [1.82, 2.24) is 20.0 Å². The van der Waals surface area contributed by atoms with Crippen molar-refractivity contribution < 1.29 is 0 Å². The summed E-state index contributed by atoms with van der Waals surface area (Å²) >= 11 is 3.45. The van der Waals surface area contributed by atoms with Crippen molar-refractivity contribution in [3.05, 3.63) is 52.3 Å². The highest BCUT2D eigenvalue weighted by molar-refractivity contribution is 14.0. The molecule has 7 heteroatoms. The lowest BCUT2D eigenvalue weighted by Crippen LogP contribution is -2.38. The van der Waals surface area contributed by atoms with Crippen LogP contribution in [0, 0.1) is 0 Å². The second kappa shape index (κ2) is 9.14. The van der Waals surface area contributed by atoms with Gasteiger partial charge in [0.05, 0.1) is 12.2 Å². The van der Waals surface area contributed by atoms with Crippen molar-refractivity contribution in [2.24, 2.45) is 12.0 Å². The maximum absolute atomic E-state index is 4.32. The molecule has 2 aromatic rings. The SMILES string of the molecule is CN=C(NCc1ccnn1C)N(C)Cc1ccc(Br)cc1.I. The third-order valence-corrected chi connectivity index (χ3v) is 3.79. The number of hydrogen-bond donors (Lipinski definition) is 1. The van der Waals surface area contributed by atoms with Gasteiger partial charge in [-0.3, -0.25) is 9.67 Å². The number of halogens is 2. The number of guanidine groups is 1. The van der Waals surface area contributed by atoms with E-state index in [1.165, 1.54) is 5.56 Å². The van der Waals surface area contributed by atoms with Crippen LogP contribution in [0.3, 0.4) is 0 Å². The molecule has 0 aliphatic heterocycles. The summed E-state index contributed by atoms with van der Waals surface area (Å²) in [6.45, 7) is 1.51. The summed E-state index contributed by atoms with van der Waals surface area (Å²) in [6.07, 6.45) is 1.80. The van der Waals surface area contributed by atoms with E-state index in [9.17, 15) is 0 Å². The monoisotopic (exact) mass is 477 g/mol. The van der Waals surface area contributed by atoms with E-state index < -0.39 is 0 Å². The first kappa shape index (κ1) is 19.0. The molecule has 1 N–H and O–H groups in total. The molecule has 0 fully saturated rings. The van der Waals surface area contributed by atoms with Crippen molar-refractivity contribution in [2.75, 3.05) is 14.1 Å². The minimum atomic E-state index is 0. The normalized spacial score (nSPS) is 11.0. The number of nitrogens with one attached hydrogen (secondary N) is 1. The van der Waals surface area contributed by atoms with Crippen LogP contribution in [0.25, 0.3) is 0 Å². The molecule has 0 bridgehead atoms. The molecule has 2 rings (SSSR count). The lowest BCUT2D eigenvalue weighted by molar-refractivity contribution is 0.474. The van der Waals surface area contributed by atoms with E-state index in [1.807, 2.05) is 24.8 Å². The first-order valence-electron chi connectivity index (χ1n) is 6.73. The van der Waals surface area contributed by atoms with Crippen LogP contribution < -0.4 is 5.32 Å². The van der Waals surface area contributed by atoms with Crippen LogP contribution in [0.4, 0.5) is 0 Å². The second-order valence-corrected chi connectivity index (χ2v) is 5.75. The molecule has 0 atom stereocenters. The minimum absolute atomic E-state index is 0. The van der Waals surface area contributed by atoms with Crippen LogP contribution in [-0.2, 0) is 20.1 Å². The Hall–Kier alpha value is -1.09. The molecule has 120 valence electrons. The number of aromatic nitrogens is 2. The summed E-state index contributed by atoms with van der Waals surface area (Å²) in [4.78, 5) is 6.42. The van der Waals surface area contributed by atoms with Gasteiger partial charge in [-0.1, -0.05) is 28.1 Å². The van der Waals surface area contributed by atoms with Crippen molar-refractivity contribution in [3.63, 3.8) is 0 Å². The highest BCUT2D eigenvalue weighted by atomic mass is 127. The number of benzene rings is 1. The molecule has 22 heavy (non-hydrogen) atoms. The molecule has 0 unspecified atom stereocenters. The maximum atomic E-state index is 4.32. The summed E-state index contributed by atoms with van der Waals surface area (Å²) in [6, 6.07) is 10.3. The Bertz CT molecular complexity index is 609. The van der Waals surface area contributed by atoms with Crippen LogP contribution in [0.5, 0.6) is 0 Å². The molecular formula is C15H21BrIN5. The summed E-state index contributed by atoms with van der Waals surface area (Å²) < 4.78 is 2.95. The summed E-state index contributed by atoms with van der Waals surface area (Å²) in [7, 11) is 5.76. The van der Waals surface area contributed by atoms with Crippen LogP contribution in [0.1, 0.15) is 11.3 Å². The fraction of sp³-hybridized carbons (Fsp3) is 0.333. The zero-order valence-corrected chi connectivity index (χ0v) is 16.9. The first-order valence-corrected chi connectivity index (χ1v) is 7.52. The number of nitrogens with zero attached hydrogens (tertiary/aromatic N) is 4. The van der Waals surface area contributed by atoms with Crippen LogP contribution in [0.15, 0.2) is 46.0 Å². The standard InChI is InChI=1S/C15H20BrN5.HI/c1-17-15(18-10-14-8-9-19-21(14)3)20(2)11-12-4-6-13(16)7-5-12;/h4-9H,10-11H2,1-3H3,(H,17,18);1H. The average molecular weight is 478 g/mol. The van der Waals surface area contributed by atoms with Gasteiger partial charge in [0.2, 0.25) is 0 Å². The minimum Gasteiger partial charge on any atom is -0.351 e. The third kappa shape index (κ3) is 5.28. The fourth-order valence-corrected chi connectivity index (χ4v) is 2.33. The largest absolute Gasteiger partial charge is 0.351 e. The van der Waals surface area contributed by atoms with Crippen molar-refractivity contribution in [2.45, 2.75) is 13.1 Å². The molecule has 0 spiro atoms. The van der Waals surface area contributed by atoms with Crippen molar-refractivity contribution >= 4 is 45.9 Å². The van der Waals surface area contributed by atoms with E-state index in [0.29, 0.717) is 6.54 Å². The predicted molar refractivity (Wildman–Crippen MR) is 104 cm³/mol. The van der Waals surface area contributed by atoms with Crippen LogP contribution >= 0.6 is 39.9 Å². The molecule has 1 heterocycles. The quantitative estimate of drug-likeness (QED) is 0.418. The van der Waals surface area contributed by atoms with Gasteiger partial charge in [0.25, 0.3) is 0 Å². The van der Waals surface area contributed by atoms with Gasteiger partial charge in [-0.2, -0.15) is 5.10 Å². The molecule has 1 aromatic carbocycles. The number of aryl methyl sites for hydroxylation is 1. The van der Waals surface area contributed by atoms with Gasteiger partial charge in [-0.05, 0) is 23.8 Å². The van der Waals surface area contributed by atoms with Gasteiger partial charge in [0.1, 0.15) is 0 Å². The van der Waals surface area contributed by atoms with E-state index in [4.69, 9.17) is 0 Å². The molecule has 0 radical (unpaired) electrons. The maximum Gasteiger partial charge on any atom is 0.194 e. The van der Waals surface area contributed by atoms with Gasteiger partial charge in [0, 0.05) is 38.4 Å². The van der Waals surface area contributed by atoms with E-state index in [0.717, 1.165) is 22.7 Å². The van der Waals surface area contributed by atoms with E-state index in [-0.39, 0.29) is 24.0 Å². The second-order valence-electron chi connectivity index (χ2n) is 4.83. The van der Waals surface area contributed by atoms with E-state index >= 15 is 0 Å². The summed E-state index contributed by atoms with van der Waals surface area (Å²) in [5.74, 6) is 0.860. The Morgan fingerprint density at radius 3 is 2.55 bits per heavy atom. The molecular weight excluding hydrogens is 457 g/mol. The van der Waals surface area contributed by atoms with Gasteiger partial charge in [-0.25, -0.2) is 0 Å². The Labute approximate surface area is 157 Å². The Morgan fingerprint density at radius 1 is 1.32 bits per heavy atom. The zero-order valence-electron chi connectivity index (χ0n) is 13.0. The van der Waals surface area contributed by atoms with Crippen molar-refractivity contribution in [3.8, 4) is 0 Å². The van der Waals surface area contributed by atoms with Gasteiger partial charge in [0.15, 0.2) is 5.96 Å². The molecule has 0 saturated heterocycles. The number of hydrogen-bond acceptors (Lipinski definition) is 2. The Morgan fingerprint density at radius 2 is 2.00 bits per heavy atom. The smallest absolute Gasteiger partial charge is 0.194 e. The topological polar surface area (TPSA) is 45.5 Å².